The molecule has 7 heteroatoms. The van der Waals surface area contributed by atoms with Gasteiger partial charge in [-0.1, -0.05) is 41.4 Å². The van der Waals surface area contributed by atoms with Crippen LogP contribution in [-0.2, 0) is 6.18 Å². The largest absolute Gasteiger partial charge is 0.417 e. The average Bonchev–Trinajstić information content (AvgIpc) is 2.37. The fourth-order valence-electron chi connectivity index (χ4n) is 1.66. The zero-order valence-electron chi connectivity index (χ0n) is 10.5. The average molecular weight is 333 g/mol. The fourth-order valence-corrected chi connectivity index (χ4v) is 2.19. The Balaban J connectivity index is 2.19. The van der Waals surface area contributed by atoms with Crippen molar-refractivity contribution < 1.29 is 13.2 Å². The van der Waals surface area contributed by atoms with Crippen molar-refractivity contribution in [3.8, 4) is 0 Å². The minimum atomic E-state index is -4.43. The van der Waals surface area contributed by atoms with Crippen molar-refractivity contribution in [1.29, 1.82) is 0 Å². The summed E-state index contributed by atoms with van der Waals surface area (Å²) < 4.78 is 38.4. The number of nitrogens with zero attached hydrogens (tertiary/aromatic N) is 1. The Morgan fingerprint density at radius 2 is 1.62 bits per heavy atom. The highest BCUT2D eigenvalue weighted by atomic mass is 35.5. The molecule has 0 saturated heterocycles. The van der Waals surface area contributed by atoms with E-state index in [0.717, 1.165) is 12.3 Å². The van der Waals surface area contributed by atoms with Crippen molar-refractivity contribution in [2.24, 2.45) is 5.10 Å². The lowest BCUT2D eigenvalue weighted by Gasteiger charge is -2.09. The second kappa shape index (κ2) is 6.37. The number of hydrogen-bond acceptors (Lipinski definition) is 2. The SMILES string of the molecule is FC(F)(F)c1ccccc1/C=N\Nc1cc(Cl)cc(Cl)c1. The van der Waals surface area contributed by atoms with Crippen molar-refractivity contribution in [2.75, 3.05) is 5.43 Å². The van der Waals surface area contributed by atoms with E-state index in [1.54, 1.807) is 12.1 Å². The molecule has 0 radical (unpaired) electrons. The molecule has 110 valence electrons. The maximum atomic E-state index is 12.8. The number of alkyl halides is 3. The van der Waals surface area contributed by atoms with Gasteiger partial charge in [-0.15, -0.1) is 0 Å². The van der Waals surface area contributed by atoms with Gasteiger partial charge in [0.25, 0.3) is 0 Å². The van der Waals surface area contributed by atoms with Crippen LogP contribution in [-0.4, -0.2) is 6.21 Å². The molecular formula is C14H9Cl2F3N2. The predicted molar refractivity (Wildman–Crippen MR) is 79.1 cm³/mol. The molecule has 0 spiro atoms. The van der Waals surface area contributed by atoms with Gasteiger partial charge in [-0.2, -0.15) is 18.3 Å². The van der Waals surface area contributed by atoms with Crippen LogP contribution in [0.1, 0.15) is 11.1 Å². The van der Waals surface area contributed by atoms with Crippen molar-refractivity contribution in [2.45, 2.75) is 6.18 Å². The maximum Gasteiger partial charge on any atom is 0.417 e. The number of hydrogen-bond donors (Lipinski definition) is 1. The Bertz CT molecular complexity index is 649. The van der Waals surface area contributed by atoms with Gasteiger partial charge in [0.15, 0.2) is 0 Å². The first kappa shape index (κ1) is 15.7. The van der Waals surface area contributed by atoms with Crippen LogP contribution in [0.5, 0.6) is 0 Å². The Labute approximate surface area is 129 Å². The normalized spacial score (nSPS) is 11.9. The zero-order valence-corrected chi connectivity index (χ0v) is 12.0. The van der Waals surface area contributed by atoms with Crippen LogP contribution in [0.4, 0.5) is 18.9 Å². The van der Waals surface area contributed by atoms with Gasteiger partial charge in [0, 0.05) is 15.6 Å². The van der Waals surface area contributed by atoms with E-state index in [2.05, 4.69) is 10.5 Å². The minimum absolute atomic E-state index is 0.0365. The van der Waals surface area contributed by atoms with Gasteiger partial charge < -0.3 is 0 Å². The van der Waals surface area contributed by atoms with E-state index in [1.807, 2.05) is 0 Å². The Hall–Kier alpha value is -1.72. The molecule has 21 heavy (non-hydrogen) atoms. The number of nitrogens with one attached hydrogen (secondary N) is 1. The lowest BCUT2D eigenvalue weighted by Crippen LogP contribution is -2.08. The monoisotopic (exact) mass is 332 g/mol. The minimum Gasteiger partial charge on any atom is -0.278 e. The van der Waals surface area contributed by atoms with Gasteiger partial charge in [-0.3, -0.25) is 5.43 Å². The summed E-state index contributed by atoms with van der Waals surface area (Å²) in [6.45, 7) is 0. The molecular weight excluding hydrogens is 324 g/mol. The molecule has 0 amide bonds. The first-order valence-electron chi connectivity index (χ1n) is 5.77. The summed E-state index contributed by atoms with van der Waals surface area (Å²) in [6, 6.07) is 9.81. The molecule has 0 saturated carbocycles. The van der Waals surface area contributed by atoms with Crippen molar-refractivity contribution in [3.63, 3.8) is 0 Å². The fraction of sp³-hybridized carbons (Fsp3) is 0.0714. The topological polar surface area (TPSA) is 24.4 Å². The first-order valence-corrected chi connectivity index (χ1v) is 6.53. The molecule has 2 rings (SSSR count). The van der Waals surface area contributed by atoms with E-state index in [1.165, 1.54) is 24.3 Å². The summed E-state index contributed by atoms with van der Waals surface area (Å²) in [5.41, 5.74) is 2.28. The third-order valence-electron chi connectivity index (χ3n) is 2.53. The third kappa shape index (κ3) is 4.37. The van der Waals surface area contributed by atoms with E-state index >= 15 is 0 Å². The van der Waals surface area contributed by atoms with E-state index in [4.69, 9.17) is 23.2 Å². The first-order chi connectivity index (χ1) is 9.86. The molecule has 0 aliphatic heterocycles. The quantitative estimate of drug-likeness (QED) is 0.585. The molecule has 0 aliphatic carbocycles. The van der Waals surface area contributed by atoms with E-state index in [9.17, 15) is 13.2 Å². The number of benzene rings is 2. The standard InChI is InChI=1S/C14H9Cl2F3N2/c15-10-5-11(16)7-12(6-10)21-20-8-9-3-1-2-4-13(9)14(17,18)19/h1-8,21H/b20-8-. The number of anilines is 1. The Kier molecular flexibility index (Phi) is 4.75. The van der Waals surface area contributed by atoms with Gasteiger partial charge >= 0.3 is 6.18 Å². The van der Waals surface area contributed by atoms with E-state index in [-0.39, 0.29) is 5.56 Å². The lowest BCUT2D eigenvalue weighted by atomic mass is 10.1. The summed E-state index contributed by atoms with van der Waals surface area (Å²) in [6.07, 6.45) is -3.33. The van der Waals surface area contributed by atoms with Crippen LogP contribution in [0.3, 0.4) is 0 Å². The van der Waals surface area contributed by atoms with Crippen LogP contribution in [0.15, 0.2) is 47.6 Å². The Morgan fingerprint density at radius 3 is 2.24 bits per heavy atom. The molecule has 0 unspecified atom stereocenters. The third-order valence-corrected chi connectivity index (χ3v) is 2.96. The predicted octanol–water partition coefficient (Wildman–Crippen LogP) is 5.46. The highest BCUT2D eigenvalue weighted by Crippen LogP contribution is 2.31. The summed E-state index contributed by atoms with van der Waals surface area (Å²) >= 11 is 11.6. The van der Waals surface area contributed by atoms with Gasteiger partial charge in [0.2, 0.25) is 0 Å². The molecule has 0 aromatic heterocycles. The van der Waals surface area contributed by atoms with Gasteiger partial charge in [0.05, 0.1) is 17.5 Å². The van der Waals surface area contributed by atoms with Gasteiger partial charge in [0.1, 0.15) is 0 Å². The molecule has 0 atom stereocenters. The Morgan fingerprint density at radius 1 is 1.00 bits per heavy atom. The highest BCUT2D eigenvalue weighted by molar-refractivity contribution is 6.35. The van der Waals surface area contributed by atoms with Gasteiger partial charge in [-0.05, 0) is 24.3 Å². The summed E-state index contributed by atoms with van der Waals surface area (Å²) in [5.74, 6) is 0. The molecule has 1 N–H and O–H groups in total. The van der Waals surface area contributed by atoms with Crippen LogP contribution < -0.4 is 5.43 Å². The van der Waals surface area contributed by atoms with Crippen LogP contribution in [0.25, 0.3) is 0 Å². The van der Waals surface area contributed by atoms with Crippen molar-refractivity contribution >= 4 is 35.1 Å². The smallest absolute Gasteiger partial charge is 0.278 e. The molecule has 2 nitrogen and oxygen atoms in total. The second-order valence-corrected chi connectivity index (χ2v) is 4.99. The zero-order chi connectivity index (χ0) is 15.5. The van der Waals surface area contributed by atoms with Crippen LogP contribution >= 0.6 is 23.2 Å². The molecule has 0 heterocycles. The number of halogens is 5. The summed E-state index contributed by atoms with van der Waals surface area (Å²) in [5, 5.41) is 4.57. The van der Waals surface area contributed by atoms with E-state index < -0.39 is 11.7 Å². The van der Waals surface area contributed by atoms with Crippen LogP contribution in [0.2, 0.25) is 10.0 Å². The summed E-state index contributed by atoms with van der Waals surface area (Å²) in [7, 11) is 0. The van der Waals surface area contributed by atoms with Crippen molar-refractivity contribution in [1.82, 2.24) is 0 Å². The van der Waals surface area contributed by atoms with E-state index in [0.29, 0.717) is 15.7 Å². The highest BCUT2D eigenvalue weighted by Gasteiger charge is 2.32. The van der Waals surface area contributed by atoms with Crippen molar-refractivity contribution in [3.05, 3.63) is 63.6 Å². The lowest BCUT2D eigenvalue weighted by molar-refractivity contribution is -0.137. The molecule has 2 aromatic carbocycles. The molecule has 0 aliphatic rings. The van der Waals surface area contributed by atoms with Gasteiger partial charge in [-0.25, -0.2) is 0 Å². The van der Waals surface area contributed by atoms with Crippen LogP contribution in [0, 0.1) is 0 Å². The molecule has 0 bridgehead atoms. The number of hydrazone groups is 1. The number of rotatable bonds is 3. The maximum absolute atomic E-state index is 12.8. The summed E-state index contributed by atoms with van der Waals surface area (Å²) in [4.78, 5) is 0. The second-order valence-electron chi connectivity index (χ2n) is 4.11. The molecule has 2 aromatic rings. The molecule has 0 fully saturated rings.